The minimum atomic E-state index is -0.145. The fourth-order valence-electron chi connectivity index (χ4n) is 2.52. The van der Waals surface area contributed by atoms with Gasteiger partial charge in [0.1, 0.15) is 0 Å². The third-order valence-electron chi connectivity index (χ3n) is 4.62. The van der Waals surface area contributed by atoms with Crippen LogP contribution in [0.3, 0.4) is 0 Å². The molecule has 0 unspecified atom stereocenters. The van der Waals surface area contributed by atoms with Crippen LogP contribution < -0.4 is 5.32 Å². The number of nitrogens with one attached hydrogen (secondary N) is 1. The largest absolute Gasteiger partial charge is 0.396 e. The summed E-state index contributed by atoms with van der Waals surface area (Å²) >= 11 is 0. The van der Waals surface area contributed by atoms with E-state index in [1.54, 1.807) is 0 Å². The van der Waals surface area contributed by atoms with E-state index in [1.807, 2.05) is 0 Å². The van der Waals surface area contributed by atoms with Crippen molar-refractivity contribution in [1.29, 1.82) is 0 Å². The lowest BCUT2D eigenvalue weighted by Crippen LogP contribution is -2.39. The van der Waals surface area contributed by atoms with Gasteiger partial charge in [-0.3, -0.25) is 4.79 Å². The molecular weight excluding hydrogens is 242 g/mol. The summed E-state index contributed by atoms with van der Waals surface area (Å²) in [5.74, 6) is 0.755. The molecule has 1 aliphatic rings. The smallest absolute Gasteiger partial charge is 0.220 e. The Labute approximate surface area is 116 Å². The Morgan fingerprint density at radius 2 is 1.95 bits per heavy atom. The summed E-state index contributed by atoms with van der Waals surface area (Å²) in [6.07, 6.45) is 5.50. The minimum Gasteiger partial charge on any atom is -0.396 e. The van der Waals surface area contributed by atoms with Gasteiger partial charge < -0.3 is 15.2 Å². The number of ether oxygens (including phenoxy) is 1. The van der Waals surface area contributed by atoms with Crippen molar-refractivity contribution in [3.8, 4) is 0 Å². The van der Waals surface area contributed by atoms with Gasteiger partial charge in [-0.2, -0.15) is 0 Å². The van der Waals surface area contributed by atoms with E-state index >= 15 is 0 Å². The standard InChI is InChI=1S/C15H29NO3/c1-3-15(4-2,12-17)11-16-14(18)6-5-13-7-9-19-10-8-13/h13,17H,3-12H2,1-2H3,(H,16,18). The van der Waals surface area contributed by atoms with Crippen LogP contribution in [0.25, 0.3) is 0 Å². The summed E-state index contributed by atoms with van der Waals surface area (Å²) in [5.41, 5.74) is -0.145. The Bertz CT molecular complexity index is 250. The minimum absolute atomic E-state index is 0.117. The molecule has 0 atom stereocenters. The maximum absolute atomic E-state index is 11.9. The second-order valence-electron chi connectivity index (χ2n) is 5.74. The first-order valence-corrected chi connectivity index (χ1v) is 7.61. The zero-order chi connectivity index (χ0) is 14.1. The molecule has 0 aromatic heterocycles. The Balaban J connectivity index is 2.23. The summed E-state index contributed by atoms with van der Waals surface area (Å²) in [6, 6.07) is 0. The van der Waals surface area contributed by atoms with Gasteiger partial charge in [0.2, 0.25) is 5.91 Å². The predicted octanol–water partition coefficient (Wildman–Crippen LogP) is 2.11. The van der Waals surface area contributed by atoms with Gasteiger partial charge in [0.25, 0.3) is 0 Å². The molecule has 1 amide bonds. The number of hydrogen-bond acceptors (Lipinski definition) is 3. The lowest BCUT2D eigenvalue weighted by Gasteiger charge is -2.29. The van der Waals surface area contributed by atoms with E-state index in [0.717, 1.165) is 45.3 Å². The van der Waals surface area contributed by atoms with E-state index in [1.165, 1.54) is 0 Å². The molecule has 0 spiro atoms. The molecule has 0 saturated carbocycles. The summed E-state index contributed by atoms with van der Waals surface area (Å²) in [7, 11) is 0. The summed E-state index contributed by atoms with van der Waals surface area (Å²) in [5, 5.41) is 12.4. The van der Waals surface area contributed by atoms with Crippen LogP contribution in [0.2, 0.25) is 0 Å². The highest BCUT2D eigenvalue weighted by Crippen LogP contribution is 2.24. The van der Waals surface area contributed by atoms with Crippen LogP contribution in [0.5, 0.6) is 0 Å². The van der Waals surface area contributed by atoms with E-state index in [0.29, 0.717) is 18.9 Å². The molecule has 1 aliphatic heterocycles. The highest BCUT2D eigenvalue weighted by atomic mass is 16.5. The van der Waals surface area contributed by atoms with Crippen molar-refractivity contribution in [2.75, 3.05) is 26.4 Å². The van der Waals surface area contributed by atoms with Crippen LogP contribution in [0.4, 0.5) is 0 Å². The zero-order valence-electron chi connectivity index (χ0n) is 12.4. The topological polar surface area (TPSA) is 58.6 Å². The molecule has 0 aliphatic carbocycles. The van der Waals surface area contributed by atoms with Crippen LogP contribution >= 0.6 is 0 Å². The van der Waals surface area contributed by atoms with Crippen molar-refractivity contribution in [3.63, 3.8) is 0 Å². The van der Waals surface area contributed by atoms with Gasteiger partial charge in [-0.25, -0.2) is 0 Å². The van der Waals surface area contributed by atoms with Gasteiger partial charge in [-0.05, 0) is 38.0 Å². The third-order valence-corrected chi connectivity index (χ3v) is 4.62. The Hall–Kier alpha value is -0.610. The lowest BCUT2D eigenvalue weighted by molar-refractivity contribution is -0.122. The molecule has 0 aromatic carbocycles. The average molecular weight is 271 g/mol. The van der Waals surface area contributed by atoms with Crippen LogP contribution in [0.15, 0.2) is 0 Å². The number of carbonyl (C=O) groups is 1. The van der Waals surface area contributed by atoms with E-state index in [4.69, 9.17) is 4.74 Å². The van der Waals surface area contributed by atoms with Gasteiger partial charge in [0.15, 0.2) is 0 Å². The molecule has 0 radical (unpaired) electrons. The lowest BCUT2D eigenvalue weighted by atomic mass is 9.83. The van der Waals surface area contributed by atoms with Gasteiger partial charge in [-0.15, -0.1) is 0 Å². The molecule has 19 heavy (non-hydrogen) atoms. The molecule has 4 nitrogen and oxygen atoms in total. The molecule has 1 saturated heterocycles. The highest BCUT2D eigenvalue weighted by Gasteiger charge is 2.25. The first-order valence-electron chi connectivity index (χ1n) is 7.61. The first-order chi connectivity index (χ1) is 9.15. The molecule has 2 N–H and O–H groups in total. The summed E-state index contributed by atoms with van der Waals surface area (Å²) in [4.78, 5) is 11.9. The van der Waals surface area contributed by atoms with E-state index in [2.05, 4.69) is 19.2 Å². The van der Waals surface area contributed by atoms with Crippen molar-refractivity contribution in [2.24, 2.45) is 11.3 Å². The number of aliphatic hydroxyl groups is 1. The Kier molecular flexibility index (Phi) is 7.39. The van der Waals surface area contributed by atoms with Crippen molar-refractivity contribution in [3.05, 3.63) is 0 Å². The molecular formula is C15H29NO3. The number of rotatable bonds is 8. The maximum Gasteiger partial charge on any atom is 0.220 e. The normalized spacial score (nSPS) is 17.4. The molecule has 112 valence electrons. The van der Waals surface area contributed by atoms with Crippen LogP contribution in [0, 0.1) is 11.3 Å². The number of carbonyl (C=O) groups excluding carboxylic acids is 1. The van der Waals surface area contributed by atoms with Gasteiger partial charge in [0, 0.05) is 31.6 Å². The van der Waals surface area contributed by atoms with Gasteiger partial charge in [0.05, 0.1) is 6.61 Å². The zero-order valence-corrected chi connectivity index (χ0v) is 12.4. The molecule has 0 bridgehead atoms. The van der Waals surface area contributed by atoms with Crippen molar-refractivity contribution >= 4 is 5.91 Å². The van der Waals surface area contributed by atoms with Gasteiger partial charge >= 0.3 is 0 Å². The van der Waals surface area contributed by atoms with Crippen molar-refractivity contribution < 1.29 is 14.6 Å². The van der Waals surface area contributed by atoms with Crippen LogP contribution in [-0.4, -0.2) is 37.4 Å². The molecule has 0 aromatic rings. The van der Waals surface area contributed by atoms with Crippen molar-refractivity contribution in [2.45, 2.75) is 52.4 Å². The fourth-order valence-corrected chi connectivity index (χ4v) is 2.52. The first kappa shape index (κ1) is 16.4. The maximum atomic E-state index is 11.9. The molecule has 4 heteroatoms. The highest BCUT2D eigenvalue weighted by molar-refractivity contribution is 5.75. The molecule has 1 heterocycles. The second-order valence-corrected chi connectivity index (χ2v) is 5.74. The third kappa shape index (κ3) is 5.49. The van der Waals surface area contributed by atoms with E-state index in [-0.39, 0.29) is 17.9 Å². The summed E-state index contributed by atoms with van der Waals surface area (Å²) in [6.45, 7) is 6.53. The Morgan fingerprint density at radius 1 is 1.32 bits per heavy atom. The summed E-state index contributed by atoms with van der Waals surface area (Å²) < 4.78 is 5.31. The predicted molar refractivity (Wildman–Crippen MR) is 75.9 cm³/mol. The van der Waals surface area contributed by atoms with Crippen molar-refractivity contribution in [1.82, 2.24) is 5.32 Å². The Morgan fingerprint density at radius 3 is 2.47 bits per heavy atom. The van der Waals surface area contributed by atoms with E-state index < -0.39 is 0 Å². The number of hydrogen-bond donors (Lipinski definition) is 2. The monoisotopic (exact) mass is 271 g/mol. The quantitative estimate of drug-likeness (QED) is 0.711. The number of amides is 1. The second kappa shape index (κ2) is 8.54. The van der Waals surface area contributed by atoms with E-state index in [9.17, 15) is 9.90 Å². The average Bonchev–Trinajstić information content (AvgIpc) is 2.48. The molecule has 1 rings (SSSR count). The SMILES string of the molecule is CCC(CC)(CO)CNC(=O)CCC1CCOCC1. The van der Waals surface area contributed by atoms with Crippen LogP contribution in [-0.2, 0) is 9.53 Å². The van der Waals surface area contributed by atoms with Crippen LogP contribution in [0.1, 0.15) is 52.4 Å². The number of aliphatic hydroxyl groups excluding tert-OH is 1. The molecule has 1 fully saturated rings. The fraction of sp³-hybridized carbons (Fsp3) is 0.933. The van der Waals surface area contributed by atoms with Gasteiger partial charge in [-0.1, -0.05) is 13.8 Å².